The number of nitrogens with one attached hydrogen (secondary N) is 1. The van der Waals surface area contributed by atoms with Crippen LogP contribution in [0.3, 0.4) is 0 Å². The predicted octanol–water partition coefficient (Wildman–Crippen LogP) is 4.37. The minimum atomic E-state index is -0.194. The van der Waals surface area contributed by atoms with Crippen LogP contribution in [0, 0.1) is 19.8 Å². The van der Waals surface area contributed by atoms with Gasteiger partial charge in [0, 0.05) is 24.0 Å². The molecule has 1 aliphatic rings. The number of hydrogen-bond acceptors (Lipinski definition) is 4. The molecule has 1 aromatic carbocycles. The number of benzene rings is 1. The largest absolute Gasteiger partial charge is 0.338 e. The lowest BCUT2D eigenvalue weighted by Crippen LogP contribution is -2.43. The highest BCUT2D eigenvalue weighted by Crippen LogP contribution is 2.24. The standard InChI is InChI=1S/C21H27N3O2S/c1-13(2)18-12-27-21(22-18)23-19(25)16-6-5-7-24(11-16)20(26)17-9-14(3)8-15(4)10-17/h8-10,12-13,16H,5-7,11H2,1-4H3,(H,22,23,25)/t16-/m1/s1. The zero-order valence-corrected chi connectivity index (χ0v) is 17.2. The third kappa shape index (κ3) is 4.75. The highest BCUT2D eigenvalue weighted by molar-refractivity contribution is 7.13. The minimum Gasteiger partial charge on any atom is -0.338 e. The molecular weight excluding hydrogens is 358 g/mol. The molecule has 0 unspecified atom stereocenters. The van der Waals surface area contributed by atoms with Gasteiger partial charge in [0.05, 0.1) is 11.6 Å². The van der Waals surface area contributed by atoms with Crippen LogP contribution in [0.25, 0.3) is 0 Å². The van der Waals surface area contributed by atoms with Crippen LogP contribution in [0.2, 0.25) is 0 Å². The second-order valence-electron chi connectivity index (χ2n) is 7.69. The van der Waals surface area contributed by atoms with Crippen molar-refractivity contribution in [3.63, 3.8) is 0 Å². The molecule has 0 saturated carbocycles. The molecule has 0 aliphatic carbocycles. The number of aryl methyl sites for hydroxylation is 2. The van der Waals surface area contributed by atoms with Crippen molar-refractivity contribution in [1.29, 1.82) is 0 Å². The van der Waals surface area contributed by atoms with Crippen molar-refractivity contribution in [2.24, 2.45) is 5.92 Å². The fourth-order valence-corrected chi connectivity index (χ4v) is 4.35. The van der Waals surface area contributed by atoms with Crippen molar-refractivity contribution in [3.8, 4) is 0 Å². The second-order valence-corrected chi connectivity index (χ2v) is 8.55. The van der Waals surface area contributed by atoms with Crippen LogP contribution in [0.5, 0.6) is 0 Å². The third-order valence-electron chi connectivity index (χ3n) is 4.89. The molecule has 5 nitrogen and oxygen atoms in total. The lowest BCUT2D eigenvalue weighted by molar-refractivity contribution is -0.121. The maximum absolute atomic E-state index is 12.9. The Bertz CT molecular complexity index is 823. The summed E-state index contributed by atoms with van der Waals surface area (Å²) in [6.45, 7) is 9.31. The molecule has 0 spiro atoms. The highest BCUT2D eigenvalue weighted by Gasteiger charge is 2.29. The first-order valence-corrected chi connectivity index (χ1v) is 10.4. The molecule has 0 bridgehead atoms. The predicted molar refractivity (Wildman–Crippen MR) is 109 cm³/mol. The van der Waals surface area contributed by atoms with Crippen LogP contribution in [0.15, 0.2) is 23.6 Å². The number of hydrogen-bond donors (Lipinski definition) is 1. The number of carbonyl (C=O) groups is 2. The Morgan fingerprint density at radius 2 is 1.93 bits per heavy atom. The molecule has 0 radical (unpaired) electrons. The molecule has 2 amide bonds. The van der Waals surface area contributed by atoms with E-state index in [1.807, 2.05) is 36.3 Å². The topological polar surface area (TPSA) is 62.3 Å². The van der Waals surface area contributed by atoms with Crippen LogP contribution in [0.1, 0.15) is 59.8 Å². The Morgan fingerprint density at radius 3 is 2.56 bits per heavy atom. The molecule has 2 aromatic rings. The molecule has 6 heteroatoms. The summed E-state index contributed by atoms with van der Waals surface area (Å²) in [6, 6.07) is 5.90. The average Bonchev–Trinajstić information content (AvgIpc) is 3.09. The van der Waals surface area contributed by atoms with Gasteiger partial charge < -0.3 is 10.2 Å². The third-order valence-corrected chi connectivity index (χ3v) is 5.67. The molecule has 2 heterocycles. The first kappa shape index (κ1) is 19.5. The van der Waals surface area contributed by atoms with Gasteiger partial charge in [-0.05, 0) is 44.7 Å². The summed E-state index contributed by atoms with van der Waals surface area (Å²) >= 11 is 1.45. The number of carbonyl (C=O) groups excluding carboxylic acids is 2. The first-order valence-electron chi connectivity index (χ1n) is 9.47. The molecule has 144 valence electrons. The molecule has 1 aliphatic heterocycles. The van der Waals surface area contributed by atoms with Gasteiger partial charge in [-0.1, -0.05) is 31.0 Å². The Hall–Kier alpha value is -2.21. The summed E-state index contributed by atoms with van der Waals surface area (Å²) < 4.78 is 0. The minimum absolute atomic E-state index is 0.00985. The van der Waals surface area contributed by atoms with Crippen LogP contribution in [0.4, 0.5) is 5.13 Å². The fourth-order valence-electron chi connectivity index (χ4n) is 3.47. The summed E-state index contributed by atoms with van der Waals surface area (Å²) in [5.41, 5.74) is 3.85. The maximum Gasteiger partial charge on any atom is 0.253 e. The number of rotatable bonds is 4. The summed E-state index contributed by atoms with van der Waals surface area (Å²) in [6.07, 6.45) is 1.63. The number of piperidine rings is 1. The number of likely N-dealkylation sites (tertiary alicyclic amines) is 1. The second kappa shape index (κ2) is 8.21. The van der Waals surface area contributed by atoms with E-state index in [2.05, 4.69) is 30.2 Å². The van der Waals surface area contributed by atoms with Gasteiger partial charge in [-0.25, -0.2) is 4.98 Å². The zero-order valence-electron chi connectivity index (χ0n) is 16.4. The molecule has 1 fully saturated rings. The van der Waals surface area contributed by atoms with Crippen molar-refractivity contribution < 1.29 is 9.59 Å². The fraction of sp³-hybridized carbons (Fsp3) is 0.476. The van der Waals surface area contributed by atoms with Crippen molar-refractivity contribution in [2.75, 3.05) is 18.4 Å². The van der Waals surface area contributed by atoms with Crippen LogP contribution in [-0.2, 0) is 4.79 Å². The van der Waals surface area contributed by atoms with E-state index in [-0.39, 0.29) is 17.7 Å². The Morgan fingerprint density at radius 1 is 1.22 bits per heavy atom. The number of thiazole rings is 1. The molecular formula is C21H27N3O2S. The molecule has 3 rings (SSSR count). The van der Waals surface area contributed by atoms with Crippen molar-refractivity contribution in [1.82, 2.24) is 9.88 Å². The van der Waals surface area contributed by atoms with Crippen molar-refractivity contribution >= 4 is 28.3 Å². The van der Waals surface area contributed by atoms with Crippen LogP contribution in [-0.4, -0.2) is 34.8 Å². The maximum atomic E-state index is 12.9. The van der Waals surface area contributed by atoms with E-state index < -0.39 is 0 Å². The van der Waals surface area contributed by atoms with Gasteiger partial charge in [0.2, 0.25) is 5.91 Å². The smallest absolute Gasteiger partial charge is 0.253 e. The van der Waals surface area contributed by atoms with Crippen LogP contribution >= 0.6 is 11.3 Å². The van der Waals surface area contributed by atoms with Gasteiger partial charge in [0.25, 0.3) is 5.91 Å². The summed E-state index contributed by atoms with van der Waals surface area (Å²) in [5, 5.41) is 5.56. The lowest BCUT2D eigenvalue weighted by atomic mass is 9.96. The van der Waals surface area contributed by atoms with Crippen LogP contribution < -0.4 is 5.32 Å². The summed E-state index contributed by atoms with van der Waals surface area (Å²) in [7, 11) is 0. The van der Waals surface area contributed by atoms with Crippen molar-refractivity contribution in [3.05, 3.63) is 46.0 Å². The van der Waals surface area contributed by atoms with E-state index in [9.17, 15) is 9.59 Å². The van der Waals surface area contributed by atoms with E-state index in [1.165, 1.54) is 11.3 Å². The van der Waals surface area contributed by atoms with E-state index in [0.29, 0.717) is 29.7 Å². The monoisotopic (exact) mass is 385 g/mol. The Balaban J connectivity index is 1.65. The quantitative estimate of drug-likeness (QED) is 0.850. The van der Waals surface area contributed by atoms with E-state index >= 15 is 0 Å². The number of amides is 2. The van der Waals surface area contributed by atoms with Gasteiger partial charge in [-0.3, -0.25) is 9.59 Å². The van der Waals surface area contributed by atoms with Gasteiger partial charge in [0.1, 0.15) is 0 Å². The number of anilines is 1. The summed E-state index contributed by atoms with van der Waals surface area (Å²) in [4.78, 5) is 31.9. The van der Waals surface area contributed by atoms with Gasteiger partial charge in [-0.15, -0.1) is 11.3 Å². The molecule has 1 aromatic heterocycles. The zero-order chi connectivity index (χ0) is 19.6. The number of nitrogens with zero attached hydrogens (tertiary/aromatic N) is 2. The molecule has 1 atom stereocenters. The highest BCUT2D eigenvalue weighted by atomic mass is 32.1. The summed E-state index contributed by atoms with van der Waals surface area (Å²) in [5.74, 6) is 0.112. The number of aromatic nitrogens is 1. The molecule has 1 saturated heterocycles. The Labute approximate surface area is 164 Å². The van der Waals surface area contributed by atoms with E-state index in [4.69, 9.17) is 0 Å². The average molecular weight is 386 g/mol. The Kier molecular flexibility index (Phi) is 5.95. The normalized spacial score (nSPS) is 17.2. The van der Waals surface area contributed by atoms with Gasteiger partial charge >= 0.3 is 0 Å². The lowest BCUT2D eigenvalue weighted by Gasteiger charge is -2.32. The van der Waals surface area contributed by atoms with Gasteiger partial charge in [-0.2, -0.15) is 0 Å². The van der Waals surface area contributed by atoms with E-state index in [1.54, 1.807) is 0 Å². The molecule has 27 heavy (non-hydrogen) atoms. The van der Waals surface area contributed by atoms with E-state index in [0.717, 1.165) is 29.7 Å². The van der Waals surface area contributed by atoms with Crippen molar-refractivity contribution in [2.45, 2.75) is 46.5 Å². The SMILES string of the molecule is Cc1cc(C)cc(C(=O)N2CCC[C@@H](C(=O)Nc3nc(C(C)C)cs3)C2)c1. The first-order chi connectivity index (χ1) is 12.8. The molecule has 1 N–H and O–H groups in total. The van der Waals surface area contributed by atoms with Gasteiger partial charge in [0.15, 0.2) is 5.13 Å².